The van der Waals surface area contributed by atoms with Crippen LogP contribution in [0.1, 0.15) is 24.4 Å². The second kappa shape index (κ2) is 10.6. The van der Waals surface area contributed by atoms with Crippen LogP contribution in [0.4, 0.5) is 10.1 Å². The lowest BCUT2D eigenvalue weighted by molar-refractivity contribution is -0.113. The molecule has 0 fully saturated rings. The summed E-state index contributed by atoms with van der Waals surface area (Å²) in [7, 11) is 0. The van der Waals surface area contributed by atoms with Gasteiger partial charge in [-0.25, -0.2) is 4.39 Å². The number of halogens is 1. The molecule has 0 bridgehead atoms. The number of para-hydroxylation sites is 2. The van der Waals surface area contributed by atoms with Gasteiger partial charge in [-0.05, 0) is 55.5 Å². The maximum atomic E-state index is 14.1. The van der Waals surface area contributed by atoms with Crippen LogP contribution in [0.25, 0.3) is 5.69 Å². The summed E-state index contributed by atoms with van der Waals surface area (Å²) < 4.78 is 21.7. The minimum absolute atomic E-state index is 0.0908. The SMILES string of the molecule is CC(Oc1ccccc1F)c1nnc(SCC(=O)Nc2ccc(C#N)cc2)n1-c1ccccc1. The number of nitriles is 1. The first-order valence-electron chi connectivity index (χ1n) is 10.4. The molecule has 1 heterocycles. The molecule has 0 spiro atoms. The van der Waals surface area contributed by atoms with Gasteiger partial charge in [-0.2, -0.15) is 5.26 Å². The summed E-state index contributed by atoms with van der Waals surface area (Å²) in [6.45, 7) is 1.77. The number of benzene rings is 3. The average molecular weight is 474 g/mol. The number of amides is 1. The molecule has 1 N–H and O–H groups in total. The molecule has 4 aromatic rings. The second-order valence-corrected chi connectivity index (χ2v) is 8.17. The minimum Gasteiger partial charge on any atom is -0.480 e. The summed E-state index contributed by atoms with van der Waals surface area (Å²) in [5, 5.41) is 20.7. The van der Waals surface area contributed by atoms with E-state index in [4.69, 9.17) is 10.00 Å². The lowest BCUT2D eigenvalue weighted by Crippen LogP contribution is -2.15. The summed E-state index contributed by atoms with van der Waals surface area (Å²) in [4.78, 5) is 12.5. The second-order valence-electron chi connectivity index (χ2n) is 7.23. The van der Waals surface area contributed by atoms with Crippen molar-refractivity contribution in [2.24, 2.45) is 0 Å². The molecule has 0 aliphatic rings. The lowest BCUT2D eigenvalue weighted by atomic mass is 10.2. The highest BCUT2D eigenvalue weighted by molar-refractivity contribution is 7.99. The quantitative estimate of drug-likeness (QED) is 0.356. The predicted molar refractivity (Wildman–Crippen MR) is 127 cm³/mol. The topological polar surface area (TPSA) is 92.8 Å². The van der Waals surface area contributed by atoms with Gasteiger partial charge >= 0.3 is 0 Å². The van der Waals surface area contributed by atoms with Gasteiger partial charge in [0.05, 0.1) is 17.4 Å². The average Bonchev–Trinajstić information content (AvgIpc) is 3.29. The molecule has 170 valence electrons. The normalized spacial score (nSPS) is 11.4. The fourth-order valence-corrected chi connectivity index (χ4v) is 3.96. The third-order valence-electron chi connectivity index (χ3n) is 4.81. The van der Waals surface area contributed by atoms with Crippen LogP contribution in [0, 0.1) is 17.1 Å². The molecule has 9 heteroatoms. The van der Waals surface area contributed by atoms with Crippen LogP contribution in [0.3, 0.4) is 0 Å². The van der Waals surface area contributed by atoms with E-state index in [1.54, 1.807) is 54.0 Å². The summed E-state index contributed by atoms with van der Waals surface area (Å²) >= 11 is 1.22. The molecule has 4 rings (SSSR count). The van der Waals surface area contributed by atoms with Crippen molar-refractivity contribution in [3.8, 4) is 17.5 Å². The van der Waals surface area contributed by atoms with Gasteiger partial charge in [-0.1, -0.05) is 42.1 Å². The first-order chi connectivity index (χ1) is 16.5. The van der Waals surface area contributed by atoms with Crippen LogP contribution in [0.15, 0.2) is 84.0 Å². The lowest BCUT2D eigenvalue weighted by Gasteiger charge is -2.17. The van der Waals surface area contributed by atoms with Crippen LogP contribution < -0.4 is 10.1 Å². The van der Waals surface area contributed by atoms with E-state index >= 15 is 0 Å². The minimum atomic E-state index is -0.605. The Kier molecular flexibility index (Phi) is 7.20. The molecule has 1 unspecified atom stereocenters. The van der Waals surface area contributed by atoms with Gasteiger partial charge in [0.2, 0.25) is 5.91 Å². The maximum Gasteiger partial charge on any atom is 0.234 e. The standard InChI is InChI=1S/C25H20FN5O2S/c1-17(33-22-10-6-5-9-21(22)26)24-29-30-25(31(24)20-7-3-2-4-8-20)34-16-23(32)28-19-13-11-18(15-27)12-14-19/h2-14,17H,16H2,1H3,(H,28,32). The van der Waals surface area contributed by atoms with E-state index in [9.17, 15) is 9.18 Å². The van der Waals surface area contributed by atoms with Crippen LogP contribution in [0.5, 0.6) is 5.75 Å². The van der Waals surface area contributed by atoms with Crippen molar-refractivity contribution in [2.45, 2.75) is 18.2 Å². The van der Waals surface area contributed by atoms with E-state index in [0.717, 1.165) is 5.69 Å². The number of nitrogens with one attached hydrogen (secondary N) is 1. The first kappa shape index (κ1) is 23.0. The number of rotatable bonds is 8. The van der Waals surface area contributed by atoms with Gasteiger partial charge in [-0.15, -0.1) is 10.2 Å². The molecule has 7 nitrogen and oxygen atoms in total. The van der Waals surface area contributed by atoms with E-state index in [1.165, 1.54) is 17.8 Å². The summed E-state index contributed by atoms with van der Waals surface area (Å²) in [6, 6.07) is 24.3. The number of anilines is 1. The number of hydrogen-bond acceptors (Lipinski definition) is 6. The maximum absolute atomic E-state index is 14.1. The summed E-state index contributed by atoms with van der Waals surface area (Å²) in [5.74, 6) is -0.00478. The number of thioether (sulfide) groups is 1. The van der Waals surface area contributed by atoms with Gasteiger partial charge in [-0.3, -0.25) is 9.36 Å². The van der Waals surface area contributed by atoms with Crippen LogP contribution >= 0.6 is 11.8 Å². The van der Waals surface area contributed by atoms with Gasteiger partial charge < -0.3 is 10.1 Å². The Labute approximate surface area is 200 Å². The Morgan fingerprint density at radius 2 is 1.79 bits per heavy atom. The molecular formula is C25H20FN5O2S. The number of carbonyl (C=O) groups is 1. The highest BCUT2D eigenvalue weighted by atomic mass is 32.2. The monoisotopic (exact) mass is 473 g/mol. The predicted octanol–water partition coefficient (Wildman–Crippen LogP) is 5.15. The van der Waals surface area contributed by atoms with E-state index in [1.807, 2.05) is 36.4 Å². The summed E-state index contributed by atoms with van der Waals surface area (Å²) in [6.07, 6.45) is -0.605. The molecule has 3 aromatic carbocycles. The van der Waals surface area contributed by atoms with Crippen molar-refractivity contribution >= 4 is 23.4 Å². The molecule has 0 aliphatic carbocycles. The Morgan fingerprint density at radius 1 is 1.09 bits per heavy atom. The number of carbonyl (C=O) groups excluding carboxylic acids is 1. The van der Waals surface area contributed by atoms with Gasteiger partial charge in [0.25, 0.3) is 0 Å². The number of ether oxygens (including phenoxy) is 1. The zero-order chi connectivity index (χ0) is 23.9. The third-order valence-corrected chi connectivity index (χ3v) is 5.74. The number of hydrogen-bond donors (Lipinski definition) is 1. The first-order valence-corrected chi connectivity index (χ1v) is 11.4. The molecule has 0 radical (unpaired) electrons. The van der Waals surface area contributed by atoms with Crippen LogP contribution in [0.2, 0.25) is 0 Å². The molecule has 0 saturated heterocycles. The van der Waals surface area contributed by atoms with Crippen molar-refractivity contribution in [1.29, 1.82) is 5.26 Å². The van der Waals surface area contributed by atoms with E-state index in [2.05, 4.69) is 15.5 Å². The molecule has 34 heavy (non-hydrogen) atoms. The number of aromatic nitrogens is 3. The van der Waals surface area contributed by atoms with Crippen molar-refractivity contribution in [3.63, 3.8) is 0 Å². The van der Waals surface area contributed by atoms with E-state index < -0.39 is 11.9 Å². The summed E-state index contributed by atoms with van der Waals surface area (Å²) in [5.41, 5.74) is 1.91. The number of nitrogens with zero attached hydrogens (tertiary/aromatic N) is 4. The van der Waals surface area contributed by atoms with Crippen molar-refractivity contribution in [2.75, 3.05) is 11.1 Å². The van der Waals surface area contributed by atoms with Crippen LogP contribution in [-0.4, -0.2) is 26.4 Å². The van der Waals surface area contributed by atoms with Gasteiger partial charge in [0.15, 0.2) is 28.7 Å². The molecule has 0 saturated carbocycles. The Morgan fingerprint density at radius 3 is 2.50 bits per heavy atom. The largest absolute Gasteiger partial charge is 0.480 e. The van der Waals surface area contributed by atoms with Gasteiger partial charge in [0, 0.05) is 11.4 Å². The van der Waals surface area contributed by atoms with Crippen molar-refractivity contribution < 1.29 is 13.9 Å². The fourth-order valence-electron chi connectivity index (χ4n) is 3.20. The van der Waals surface area contributed by atoms with E-state index in [0.29, 0.717) is 22.2 Å². The molecule has 1 aromatic heterocycles. The zero-order valence-electron chi connectivity index (χ0n) is 18.2. The van der Waals surface area contributed by atoms with Gasteiger partial charge in [0.1, 0.15) is 0 Å². The van der Waals surface area contributed by atoms with Crippen molar-refractivity contribution in [1.82, 2.24) is 14.8 Å². The third kappa shape index (κ3) is 5.42. The Bertz CT molecular complexity index is 1320. The van der Waals surface area contributed by atoms with Crippen LogP contribution in [-0.2, 0) is 4.79 Å². The fraction of sp³-hybridized carbons (Fsp3) is 0.120. The zero-order valence-corrected chi connectivity index (χ0v) is 19.0. The van der Waals surface area contributed by atoms with E-state index in [-0.39, 0.29) is 17.4 Å². The molecule has 0 aliphatic heterocycles. The highest BCUT2D eigenvalue weighted by Crippen LogP contribution is 2.29. The molecule has 1 amide bonds. The highest BCUT2D eigenvalue weighted by Gasteiger charge is 2.22. The Balaban J connectivity index is 1.53. The molecular weight excluding hydrogens is 453 g/mol. The van der Waals surface area contributed by atoms with Crippen molar-refractivity contribution in [3.05, 3.63) is 96.1 Å². The smallest absolute Gasteiger partial charge is 0.234 e. The molecule has 1 atom stereocenters. The Hall–Kier alpha value is -4.16.